The number of hydrogen-bond donors (Lipinski definition) is 0. The van der Waals surface area contributed by atoms with Crippen LogP contribution in [0.15, 0.2) is 12.8 Å². The van der Waals surface area contributed by atoms with Crippen molar-refractivity contribution in [3.63, 3.8) is 0 Å². The molecule has 0 saturated heterocycles. The Balaban J connectivity index is 5.83. The number of ether oxygens (including phenoxy) is 6. The van der Waals surface area contributed by atoms with E-state index in [1.807, 2.05) is 13.8 Å². The molecule has 0 aromatic carbocycles. The first-order chi connectivity index (χ1) is 9.97. The lowest BCUT2D eigenvalue weighted by Gasteiger charge is -2.45. The van der Waals surface area contributed by atoms with Crippen LogP contribution < -0.4 is 0 Å². The topological polar surface area (TPSA) is 55.4 Å². The maximum absolute atomic E-state index is 5.82. The highest BCUT2D eigenvalue weighted by molar-refractivity contribution is 4.78. The van der Waals surface area contributed by atoms with E-state index < -0.39 is 11.9 Å². The van der Waals surface area contributed by atoms with Gasteiger partial charge in [-0.2, -0.15) is 0 Å². The van der Waals surface area contributed by atoms with Crippen molar-refractivity contribution in [3.05, 3.63) is 19.8 Å². The van der Waals surface area contributed by atoms with E-state index in [2.05, 4.69) is 13.5 Å². The first-order valence-corrected chi connectivity index (χ1v) is 7.29. The zero-order chi connectivity index (χ0) is 16.4. The van der Waals surface area contributed by atoms with Gasteiger partial charge in [0.2, 0.25) is 0 Å². The molecule has 1 unspecified atom stereocenters. The van der Waals surface area contributed by atoms with Gasteiger partial charge in [0.1, 0.15) is 0 Å². The van der Waals surface area contributed by atoms with Gasteiger partial charge in [-0.1, -0.05) is 6.58 Å². The summed E-state index contributed by atoms with van der Waals surface area (Å²) < 4.78 is 34.0. The first kappa shape index (κ1) is 20.3. The van der Waals surface area contributed by atoms with E-state index in [1.54, 1.807) is 20.8 Å². The van der Waals surface area contributed by atoms with E-state index in [0.29, 0.717) is 19.8 Å². The van der Waals surface area contributed by atoms with Gasteiger partial charge in [0.15, 0.2) is 0 Å². The third kappa shape index (κ3) is 5.23. The lowest BCUT2D eigenvalue weighted by molar-refractivity contribution is -0.555. The van der Waals surface area contributed by atoms with Crippen molar-refractivity contribution in [2.24, 2.45) is 0 Å². The van der Waals surface area contributed by atoms with Crippen LogP contribution in [-0.2, 0) is 28.4 Å². The third-order valence-electron chi connectivity index (χ3n) is 2.30. The van der Waals surface area contributed by atoms with Crippen LogP contribution >= 0.6 is 0 Å². The monoisotopic (exact) mass is 305 g/mol. The van der Waals surface area contributed by atoms with E-state index in [0.717, 1.165) is 0 Å². The lowest BCUT2D eigenvalue weighted by atomic mass is 10.3. The number of hydrogen-bond acceptors (Lipinski definition) is 6. The molecule has 0 N–H and O–H groups in total. The van der Waals surface area contributed by atoms with Crippen LogP contribution in [0.2, 0.25) is 0 Å². The molecular weight excluding hydrogens is 276 g/mol. The maximum atomic E-state index is 5.82. The summed E-state index contributed by atoms with van der Waals surface area (Å²) in [6.45, 7) is 17.3. The fourth-order valence-corrected chi connectivity index (χ4v) is 1.84. The van der Waals surface area contributed by atoms with Gasteiger partial charge in [-0.05, 0) is 41.5 Å². The summed E-state index contributed by atoms with van der Waals surface area (Å²) in [7, 11) is 0. The predicted octanol–water partition coefficient (Wildman–Crippen LogP) is 2.84. The molecule has 0 amide bonds. The van der Waals surface area contributed by atoms with Crippen molar-refractivity contribution >= 4 is 0 Å². The molecule has 0 aliphatic rings. The molecule has 0 spiro atoms. The fourth-order valence-electron chi connectivity index (χ4n) is 1.84. The molecular formula is C15H29O6. The van der Waals surface area contributed by atoms with Gasteiger partial charge >= 0.3 is 11.9 Å². The van der Waals surface area contributed by atoms with Crippen molar-refractivity contribution in [3.8, 4) is 0 Å². The molecule has 21 heavy (non-hydrogen) atoms. The molecule has 0 heterocycles. The Morgan fingerprint density at radius 2 is 1.38 bits per heavy atom. The minimum atomic E-state index is -1.73. The third-order valence-corrected chi connectivity index (χ3v) is 2.30. The van der Waals surface area contributed by atoms with Crippen LogP contribution in [0.3, 0.4) is 0 Å². The number of rotatable bonds is 13. The average molecular weight is 305 g/mol. The van der Waals surface area contributed by atoms with E-state index in [-0.39, 0.29) is 12.7 Å². The Labute approximate surface area is 128 Å². The minimum Gasteiger partial charge on any atom is -0.442 e. The van der Waals surface area contributed by atoms with Crippen LogP contribution in [0.4, 0.5) is 0 Å². The quantitative estimate of drug-likeness (QED) is 0.385. The summed E-state index contributed by atoms with van der Waals surface area (Å²) in [5.41, 5.74) is 0. The molecule has 6 heteroatoms. The molecule has 0 saturated carbocycles. The second kappa shape index (κ2) is 10.1. The van der Waals surface area contributed by atoms with Gasteiger partial charge in [-0.25, -0.2) is 0 Å². The second-order valence-electron chi connectivity index (χ2n) is 4.21. The first-order valence-electron chi connectivity index (χ1n) is 7.29. The normalized spacial score (nSPS) is 15.0. The molecule has 0 aliphatic carbocycles. The molecule has 0 bridgehead atoms. The molecule has 0 rings (SSSR count). The van der Waals surface area contributed by atoms with Crippen molar-refractivity contribution in [1.82, 2.24) is 0 Å². The highest BCUT2D eigenvalue weighted by atomic mass is 17.0. The largest absolute Gasteiger partial charge is 0.442 e. The lowest BCUT2D eigenvalue weighted by Crippen LogP contribution is -2.64. The van der Waals surface area contributed by atoms with Gasteiger partial charge in [0.05, 0.1) is 25.6 Å². The van der Waals surface area contributed by atoms with Crippen LogP contribution in [-0.4, -0.2) is 44.5 Å². The van der Waals surface area contributed by atoms with Crippen molar-refractivity contribution in [2.75, 3.05) is 26.4 Å². The van der Waals surface area contributed by atoms with Crippen molar-refractivity contribution in [2.45, 2.75) is 52.7 Å². The highest BCUT2D eigenvalue weighted by Gasteiger charge is 2.62. The van der Waals surface area contributed by atoms with Crippen LogP contribution in [0.5, 0.6) is 0 Å². The van der Waals surface area contributed by atoms with Crippen molar-refractivity contribution in [1.29, 1.82) is 0 Å². The van der Waals surface area contributed by atoms with Gasteiger partial charge in [0, 0.05) is 13.2 Å². The summed E-state index contributed by atoms with van der Waals surface area (Å²) in [4.78, 5) is 0. The molecule has 0 fully saturated rings. The zero-order valence-corrected chi connectivity index (χ0v) is 13.8. The Kier molecular flexibility index (Phi) is 9.81. The smallest absolute Gasteiger partial charge is 0.414 e. The van der Waals surface area contributed by atoms with Gasteiger partial charge in [0.25, 0.3) is 0 Å². The molecule has 0 aromatic rings. The van der Waals surface area contributed by atoms with E-state index >= 15 is 0 Å². The van der Waals surface area contributed by atoms with Gasteiger partial charge < -0.3 is 28.4 Å². The molecule has 1 atom stereocenters. The van der Waals surface area contributed by atoms with Gasteiger partial charge in [-0.15, -0.1) is 0 Å². The van der Waals surface area contributed by atoms with Gasteiger partial charge in [-0.3, -0.25) is 0 Å². The van der Waals surface area contributed by atoms with Crippen LogP contribution in [0.1, 0.15) is 34.6 Å². The molecule has 125 valence electrons. The van der Waals surface area contributed by atoms with E-state index in [9.17, 15) is 0 Å². The Morgan fingerprint density at radius 1 is 0.905 bits per heavy atom. The van der Waals surface area contributed by atoms with Crippen LogP contribution in [0.25, 0.3) is 0 Å². The summed E-state index contributed by atoms with van der Waals surface area (Å²) in [5.74, 6) is -3.44. The van der Waals surface area contributed by atoms with E-state index in [4.69, 9.17) is 28.4 Å². The Hall–Kier alpha value is -0.660. The predicted molar refractivity (Wildman–Crippen MR) is 79.2 cm³/mol. The molecule has 0 aliphatic heterocycles. The SMILES string of the molecule is [CH2]COC(OCC)(OCC)C(OC=C)(OCC)OC(C)C. The molecule has 6 nitrogen and oxygen atoms in total. The molecule has 1 radical (unpaired) electrons. The molecule has 0 aromatic heterocycles. The summed E-state index contributed by atoms with van der Waals surface area (Å²) in [6.07, 6.45) is 0.974. The second-order valence-corrected chi connectivity index (χ2v) is 4.21. The minimum absolute atomic E-state index is 0.0801. The zero-order valence-electron chi connectivity index (χ0n) is 13.8. The summed E-state index contributed by atoms with van der Waals surface area (Å²) >= 11 is 0. The highest BCUT2D eigenvalue weighted by Crippen LogP contribution is 2.37. The fraction of sp³-hybridized carbons (Fsp3) is 0.800. The standard InChI is InChI=1S/C15H29O6/c1-8-16-14(17-9-2,18-10-3)15(19-11-4,20-12-5)21-13(6)7/h11,13H,1,4,8-10,12H2,2-3,5-7H3. The maximum Gasteiger partial charge on any atom is 0.414 e. The van der Waals surface area contributed by atoms with Crippen LogP contribution in [0, 0.1) is 6.92 Å². The Morgan fingerprint density at radius 3 is 1.71 bits per heavy atom. The average Bonchev–Trinajstić information content (AvgIpc) is 2.39. The van der Waals surface area contributed by atoms with Crippen molar-refractivity contribution < 1.29 is 28.4 Å². The summed E-state index contributed by atoms with van der Waals surface area (Å²) in [5, 5.41) is 0. The summed E-state index contributed by atoms with van der Waals surface area (Å²) in [6, 6.07) is 0. The Bertz CT molecular complexity index is 264. The van der Waals surface area contributed by atoms with E-state index in [1.165, 1.54) is 6.26 Å².